The lowest BCUT2D eigenvalue weighted by Gasteiger charge is -2.04. The Bertz CT molecular complexity index is 730. The van der Waals surface area contributed by atoms with E-state index in [4.69, 9.17) is 0 Å². The van der Waals surface area contributed by atoms with E-state index < -0.39 is 0 Å². The zero-order valence-corrected chi connectivity index (χ0v) is 11.2. The Morgan fingerprint density at radius 1 is 1.16 bits per heavy atom. The van der Waals surface area contributed by atoms with E-state index in [9.17, 15) is 0 Å². The summed E-state index contributed by atoms with van der Waals surface area (Å²) in [6.45, 7) is 6.15. The molecule has 96 valence electrons. The summed E-state index contributed by atoms with van der Waals surface area (Å²) in [4.78, 5) is 13.2. The Kier molecular flexibility index (Phi) is 2.74. The minimum absolute atomic E-state index is 0.343. The molecule has 0 unspecified atom stereocenters. The maximum atomic E-state index is 4.59. The van der Waals surface area contributed by atoms with Crippen molar-refractivity contribution < 1.29 is 0 Å². The number of nitrogens with zero attached hydrogens (tertiary/aromatic N) is 5. The molecule has 3 rings (SSSR count). The van der Waals surface area contributed by atoms with E-state index in [0.717, 1.165) is 28.0 Å². The molecule has 0 N–H and O–H groups in total. The fraction of sp³-hybridized carbons (Fsp3) is 0.286. The topological polar surface area (TPSA) is 56.5 Å². The molecule has 0 fully saturated rings. The molecule has 5 nitrogen and oxygen atoms in total. The first-order chi connectivity index (χ1) is 9.15. The Balaban J connectivity index is 2.14. The molecule has 3 aromatic heterocycles. The lowest BCUT2D eigenvalue weighted by Crippen LogP contribution is -1.99. The van der Waals surface area contributed by atoms with Crippen LogP contribution in [0.3, 0.4) is 0 Å². The maximum Gasteiger partial charge on any atom is 0.110 e. The minimum atomic E-state index is 0.343. The van der Waals surface area contributed by atoms with Gasteiger partial charge in [0.15, 0.2) is 0 Å². The Hall–Kier alpha value is -2.30. The largest absolute Gasteiger partial charge is 0.270 e. The number of hydrogen-bond donors (Lipinski definition) is 0. The highest BCUT2D eigenvalue weighted by Crippen LogP contribution is 2.22. The van der Waals surface area contributed by atoms with Crippen LogP contribution in [0.5, 0.6) is 0 Å². The summed E-state index contributed by atoms with van der Waals surface area (Å²) in [5, 5.41) is 4.34. The molecule has 0 atom stereocenters. The van der Waals surface area contributed by atoms with Crippen molar-refractivity contribution in [1.82, 2.24) is 24.7 Å². The van der Waals surface area contributed by atoms with Gasteiger partial charge in [-0.1, -0.05) is 0 Å². The summed E-state index contributed by atoms with van der Waals surface area (Å²) in [7, 11) is 0. The second-order valence-corrected chi connectivity index (χ2v) is 4.82. The summed E-state index contributed by atoms with van der Waals surface area (Å²) < 4.78 is 1.92. The molecule has 3 aromatic rings. The molecule has 0 saturated heterocycles. The molecule has 0 aromatic carbocycles. The quantitative estimate of drug-likeness (QED) is 0.704. The molecule has 0 bridgehead atoms. The standard InChI is InChI=1S/C14H15N5/c1-9(2)19-8-11(7-17-19)12-6-13-14(10(3)18-12)16-5-4-15-13/h4-9H,1-3H3. The SMILES string of the molecule is Cc1nc(-c2cnn(C(C)C)c2)cc2nccnc12. The van der Waals surface area contributed by atoms with Gasteiger partial charge in [0.1, 0.15) is 5.52 Å². The summed E-state index contributed by atoms with van der Waals surface area (Å²) in [6.07, 6.45) is 7.23. The molecular weight excluding hydrogens is 238 g/mol. The van der Waals surface area contributed by atoms with Crippen LogP contribution in [-0.4, -0.2) is 24.7 Å². The zero-order valence-electron chi connectivity index (χ0n) is 11.2. The lowest BCUT2D eigenvalue weighted by molar-refractivity contribution is 0.532. The van der Waals surface area contributed by atoms with Crippen molar-refractivity contribution in [2.24, 2.45) is 0 Å². The van der Waals surface area contributed by atoms with Crippen molar-refractivity contribution in [2.75, 3.05) is 0 Å². The van der Waals surface area contributed by atoms with E-state index in [1.807, 2.05) is 30.1 Å². The predicted octanol–water partition coefficient (Wildman–Crippen LogP) is 2.78. The van der Waals surface area contributed by atoms with Gasteiger partial charge < -0.3 is 0 Å². The van der Waals surface area contributed by atoms with E-state index >= 15 is 0 Å². The van der Waals surface area contributed by atoms with E-state index in [-0.39, 0.29) is 0 Å². The number of rotatable bonds is 2. The van der Waals surface area contributed by atoms with Gasteiger partial charge in [0.25, 0.3) is 0 Å². The normalized spacial score (nSPS) is 11.4. The summed E-state index contributed by atoms with van der Waals surface area (Å²) in [5.41, 5.74) is 4.49. The van der Waals surface area contributed by atoms with Gasteiger partial charge in [-0.2, -0.15) is 5.10 Å². The van der Waals surface area contributed by atoms with Gasteiger partial charge >= 0.3 is 0 Å². The summed E-state index contributed by atoms with van der Waals surface area (Å²) in [5.74, 6) is 0. The number of pyridine rings is 1. The predicted molar refractivity (Wildman–Crippen MR) is 73.7 cm³/mol. The molecule has 0 saturated carbocycles. The molecule has 0 radical (unpaired) electrons. The smallest absolute Gasteiger partial charge is 0.110 e. The summed E-state index contributed by atoms with van der Waals surface area (Å²) in [6, 6.07) is 2.30. The van der Waals surface area contributed by atoms with Gasteiger partial charge in [-0.3, -0.25) is 19.6 Å². The highest BCUT2D eigenvalue weighted by molar-refractivity contribution is 5.80. The highest BCUT2D eigenvalue weighted by atomic mass is 15.3. The van der Waals surface area contributed by atoms with E-state index in [1.54, 1.807) is 12.4 Å². The molecule has 5 heteroatoms. The average Bonchev–Trinajstić information content (AvgIpc) is 2.88. The van der Waals surface area contributed by atoms with Crippen LogP contribution < -0.4 is 0 Å². The van der Waals surface area contributed by atoms with Crippen molar-refractivity contribution in [3.05, 3.63) is 36.5 Å². The van der Waals surface area contributed by atoms with Crippen LogP contribution in [0, 0.1) is 6.92 Å². The second-order valence-electron chi connectivity index (χ2n) is 4.82. The van der Waals surface area contributed by atoms with Gasteiger partial charge in [-0.05, 0) is 26.8 Å². The van der Waals surface area contributed by atoms with Crippen molar-refractivity contribution in [1.29, 1.82) is 0 Å². The van der Waals surface area contributed by atoms with Crippen LogP contribution in [0.15, 0.2) is 30.9 Å². The number of hydrogen-bond acceptors (Lipinski definition) is 4. The van der Waals surface area contributed by atoms with Gasteiger partial charge in [-0.15, -0.1) is 0 Å². The van der Waals surface area contributed by atoms with E-state index in [2.05, 4.69) is 33.9 Å². The third-order valence-electron chi connectivity index (χ3n) is 3.06. The molecule has 0 spiro atoms. The van der Waals surface area contributed by atoms with Crippen LogP contribution >= 0.6 is 0 Å². The second kappa shape index (κ2) is 4.42. The average molecular weight is 253 g/mol. The van der Waals surface area contributed by atoms with Gasteiger partial charge in [0.2, 0.25) is 0 Å². The molecule has 0 aliphatic carbocycles. The third-order valence-corrected chi connectivity index (χ3v) is 3.06. The molecule has 0 amide bonds. The van der Waals surface area contributed by atoms with Crippen molar-refractivity contribution >= 4 is 11.0 Å². The summed E-state index contributed by atoms with van der Waals surface area (Å²) >= 11 is 0. The molecule has 0 aliphatic rings. The van der Waals surface area contributed by atoms with Crippen LogP contribution in [0.25, 0.3) is 22.3 Å². The molecule has 3 heterocycles. The van der Waals surface area contributed by atoms with Crippen molar-refractivity contribution in [3.8, 4) is 11.3 Å². The first-order valence-corrected chi connectivity index (χ1v) is 6.28. The van der Waals surface area contributed by atoms with Gasteiger partial charge in [0.05, 0.1) is 23.1 Å². The van der Waals surface area contributed by atoms with Crippen LogP contribution in [-0.2, 0) is 0 Å². The zero-order chi connectivity index (χ0) is 13.4. The molecular formula is C14H15N5. The first kappa shape index (κ1) is 11.8. The third kappa shape index (κ3) is 2.07. The van der Waals surface area contributed by atoms with Crippen LogP contribution in [0.1, 0.15) is 25.6 Å². The molecule has 19 heavy (non-hydrogen) atoms. The van der Waals surface area contributed by atoms with Gasteiger partial charge in [-0.25, -0.2) is 0 Å². The van der Waals surface area contributed by atoms with E-state index in [0.29, 0.717) is 6.04 Å². The number of fused-ring (bicyclic) bond motifs is 1. The monoisotopic (exact) mass is 253 g/mol. The van der Waals surface area contributed by atoms with E-state index in [1.165, 1.54) is 0 Å². The van der Waals surface area contributed by atoms with Gasteiger partial charge in [0, 0.05) is 30.2 Å². The fourth-order valence-corrected chi connectivity index (χ4v) is 2.03. The lowest BCUT2D eigenvalue weighted by atomic mass is 10.2. The van der Waals surface area contributed by atoms with Crippen LogP contribution in [0.2, 0.25) is 0 Å². The minimum Gasteiger partial charge on any atom is -0.270 e. The Labute approximate surface area is 111 Å². The van der Waals surface area contributed by atoms with Crippen molar-refractivity contribution in [3.63, 3.8) is 0 Å². The Morgan fingerprint density at radius 3 is 2.68 bits per heavy atom. The maximum absolute atomic E-state index is 4.59. The number of aromatic nitrogens is 5. The number of aryl methyl sites for hydroxylation is 1. The van der Waals surface area contributed by atoms with Crippen LogP contribution in [0.4, 0.5) is 0 Å². The van der Waals surface area contributed by atoms with Crippen molar-refractivity contribution in [2.45, 2.75) is 26.8 Å². The fourth-order valence-electron chi connectivity index (χ4n) is 2.03. The first-order valence-electron chi connectivity index (χ1n) is 6.28. The highest BCUT2D eigenvalue weighted by Gasteiger charge is 2.09. The molecule has 0 aliphatic heterocycles. The Morgan fingerprint density at radius 2 is 1.95 bits per heavy atom.